The molecule has 5 nitrogen and oxygen atoms in total. The minimum absolute atomic E-state index is 0.255. The highest BCUT2D eigenvalue weighted by Crippen LogP contribution is 2.31. The predicted molar refractivity (Wildman–Crippen MR) is 79.2 cm³/mol. The number of rotatable bonds is 12. The van der Waals surface area contributed by atoms with Crippen LogP contribution in [0.4, 0.5) is 0 Å². The third-order valence-corrected chi connectivity index (χ3v) is 3.73. The molecule has 120 valence electrons. The fraction of sp³-hybridized carbons (Fsp3) is 1.00. The number of ether oxygens (including phenoxy) is 4. The van der Waals surface area contributed by atoms with Gasteiger partial charge in [0, 0.05) is 32.3 Å². The topological polar surface area (TPSA) is 49.0 Å². The second kappa shape index (κ2) is 11.5. The third-order valence-electron chi connectivity index (χ3n) is 3.73. The SMILES string of the molecule is CCNCC1(CCOCCOCCOC)CCCOC1. The molecule has 20 heavy (non-hydrogen) atoms. The summed E-state index contributed by atoms with van der Waals surface area (Å²) in [7, 11) is 1.68. The number of nitrogens with one attached hydrogen (secondary N) is 1. The monoisotopic (exact) mass is 289 g/mol. The predicted octanol–water partition coefficient (Wildman–Crippen LogP) is 1.46. The van der Waals surface area contributed by atoms with Crippen LogP contribution in [-0.4, -0.2) is 66.4 Å². The van der Waals surface area contributed by atoms with Gasteiger partial charge in [-0.2, -0.15) is 0 Å². The Kier molecular flexibility index (Phi) is 10.2. The van der Waals surface area contributed by atoms with Crippen molar-refractivity contribution in [2.45, 2.75) is 26.2 Å². The maximum Gasteiger partial charge on any atom is 0.0701 e. The summed E-state index contributed by atoms with van der Waals surface area (Å²) in [5.74, 6) is 0. The van der Waals surface area contributed by atoms with Crippen molar-refractivity contribution in [2.75, 3.05) is 66.4 Å². The van der Waals surface area contributed by atoms with E-state index in [9.17, 15) is 0 Å². The van der Waals surface area contributed by atoms with Crippen LogP contribution < -0.4 is 5.32 Å². The maximum atomic E-state index is 5.67. The second-order valence-electron chi connectivity index (χ2n) is 5.40. The zero-order chi connectivity index (χ0) is 14.5. The van der Waals surface area contributed by atoms with Crippen molar-refractivity contribution in [2.24, 2.45) is 5.41 Å². The quantitative estimate of drug-likeness (QED) is 0.551. The number of methoxy groups -OCH3 is 1. The van der Waals surface area contributed by atoms with Gasteiger partial charge in [-0.05, 0) is 25.8 Å². The molecular weight excluding hydrogens is 258 g/mol. The van der Waals surface area contributed by atoms with Gasteiger partial charge in [0.25, 0.3) is 0 Å². The van der Waals surface area contributed by atoms with Gasteiger partial charge < -0.3 is 24.3 Å². The summed E-state index contributed by atoms with van der Waals surface area (Å²) < 4.78 is 21.6. The lowest BCUT2D eigenvalue weighted by atomic mass is 9.79. The molecule has 1 heterocycles. The molecule has 0 radical (unpaired) electrons. The van der Waals surface area contributed by atoms with Crippen molar-refractivity contribution < 1.29 is 18.9 Å². The molecule has 1 saturated heterocycles. The molecule has 0 saturated carbocycles. The summed E-state index contributed by atoms with van der Waals surface area (Å²) in [6, 6.07) is 0. The molecule has 0 aromatic rings. The van der Waals surface area contributed by atoms with Crippen molar-refractivity contribution in [3.05, 3.63) is 0 Å². The van der Waals surface area contributed by atoms with Crippen LogP contribution >= 0.6 is 0 Å². The summed E-state index contributed by atoms with van der Waals surface area (Å²) in [5.41, 5.74) is 0.255. The summed E-state index contributed by atoms with van der Waals surface area (Å²) in [5, 5.41) is 3.46. The lowest BCUT2D eigenvalue weighted by Crippen LogP contribution is -2.42. The van der Waals surface area contributed by atoms with Gasteiger partial charge in [0.05, 0.1) is 33.0 Å². The molecule has 1 N–H and O–H groups in total. The van der Waals surface area contributed by atoms with Crippen LogP contribution in [0, 0.1) is 5.41 Å². The Morgan fingerprint density at radius 2 is 1.85 bits per heavy atom. The highest BCUT2D eigenvalue weighted by Gasteiger charge is 2.32. The molecule has 0 aliphatic carbocycles. The maximum absolute atomic E-state index is 5.67. The highest BCUT2D eigenvalue weighted by molar-refractivity contribution is 4.83. The van der Waals surface area contributed by atoms with E-state index in [2.05, 4.69) is 12.2 Å². The summed E-state index contributed by atoms with van der Waals surface area (Å²) in [6.07, 6.45) is 3.44. The van der Waals surface area contributed by atoms with Crippen molar-refractivity contribution in [1.82, 2.24) is 5.32 Å². The molecule has 0 bridgehead atoms. The van der Waals surface area contributed by atoms with Gasteiger partial charge in [-0.15, -0.1) is 0 Å². The van der Waals surface area contributed by atoms with E-state index in [0.29, 0.717) is 26.4 Å². The van der Waals surface area contributed by atoms with E-state index in [1.807, 2.05) is 0 Å². The van der Waals surface area contributed by atoms with Crippen molar-refractivity contribution in [3.63, 3.8) is 0 Å². The zero-order valence-corrected chi connectivity index (χ0v) is 13.1. The normalized spacial score (nSPS) is 23.1. The first-order valence-electron chi connectivity index (χ1n) is 7.76. The average molecular weight is 289 g/mol. The molecule has 5 heteroatoms. The lowest BCUT2D eigenvalue weighted by molar-refractivity contribution is -0.0334. The Morgan fingerprint density at radius 3 is 2.50 bits per heavy atom. The second-order valence-corrected chi connectivity index (χ2v) is 5.40. The van der Waals surface area contributed by atoms with E-state index in [-0.39, 0.29) is 5.41 Å². The van der Waals surface area contributed by atoms with Crippen LogP contribution in [0.2, 0.25) is 0 Å². The summed E-state index contributed by atoms with van der Waals surface area (Å²) >= 11 is 0. The fourth-order valence-electron chi connectivity index (χ4n) is 2.48. The Morgan fingerprint density at radius 1 is 1.10 bits per heavy atom. The standard InChI is InChI=1S/C15H31NO4/c1-3-16-13-15(5-4-7-20-14-15)6-8-18-11-12-19-10-9-17-2/h16H,3-14H2,1-2H3. The first-order valence-corrected chi connectivity index (χ1v) is 7.76. The van der Waals surface area contributed by atoms with Gasteiger partial charge in [0.15, 0.2) is 0 Å². The Hall–Kier alpha value is -0.200. The van der Waals surface area contributed by atoms with E-state index in [0.717, 1.165) is 45.8 Å². The molecule has 0 aromatic carbocycles. The third kappa shape index (κ3) is 7.55. The van der Waals surface area contributed by atoms with E-state index in [1.54, 1.807) is 7.11 Å². The Balaban J connectivity index is 2.09. The molecule has 1 aliphatic rings. The number of hydrogen-bond acceptors (Lipinski definition) is 5. The zero-order valence-electron chi connectivity index (χ0n) is 13.1. The van der Waals surface area contributed by atoms with Gasteiger partial charge in [0.1, 0.15) is 0 Å². The Labute approximate surface area is 123 Å². The van der Waals surface area contributed by atoms with Crippen molar-refractivity contribution >= 4 is 0 Å². The van der Waals surface area contributed by atoms with Gasteiger partial charge in [0.2, 0.25) is 0 Å². The highest BCUT2D eigenvalue weighted by atomic mass is 16.5. The molecular formula is C15H31NO4. The summed E-state index contributed by atoms with van der Waals surface area (Å²) in [6.45, 7) is 9.29. The van der Waals surface area contributed by atoms with E-state index >= 15 is 0 Å². The van der Waals surface area contributed by atoms with Gasteiger partial charge in [-0.25, -0.2) is 0 Å². The van der Waals surface area contributed by atoms with E-state index in [1.165, 1.54) is 6.42 Å². The fourth-order valence-corrected chi connectivity index (χ4v) is 2.48. The van der Waals surface area contributed by atoms with Crippen LogP contribution in [0.15, 0.2) is 0 Å². The molecule has 1 aliphatic heterocycles. The van der Waals surface area contributed by atoms with Crippen molar-refractivity contribution in [1.29, 1.82) is 0 Å². The average Bonchev–Trinajstić information content (AvgIpc) is 2.49. The van der Waals surface area contributed by atoms with E-state index in [4.69, 9.17) is 18.9 Å². The lowest BCUT2D eigenvalue weighted by Gasteiger charge is -2.37. The van der Waals surface area contributed by atoms with Gasteiger partial charge in [-0.3, -0.25) is 0 Å². The molecule has 0 aromatic heterocycles. The smallest absolute Gasteiger partial charge is 0.0701 e. The molecule has 1 rings (SSSR count). The molecule has 1 atom stereocenters. The van der Waals surface area contributed by atoms with Crippen LogP contribution in [0.5, 0.6) is 0 Å². The minimum atomic E-state index is 0.255. The first-order chi connectivity index (χ1) is 9.83. The number of hydrogen-bond donors (Lipinski definition) is 1. The largest absolute Gasteiger partial charge is 0.382 e. The van der Waals surface area contributed by atoms with Crippen LogP contribution in [-0.2, 0) is 18.9 Å². The molecule has 1 unspecified atom stereocenters. The van der Waals surface area contributed by atoms with Crippen LogP contribution in [0.3, 0.4) is 0 Å². The van der Waals surface area contributed by atoms with Gasteiger partial charge >= 0.3 is 0 Å². The molecule has 0 spiro atoms. The Bertz CT molecular complexity index is 220. The van der Waals surface area contributed by atoms with Crippen LogP contribution in [0.25, 0.3) is 0 Å². The summed E-state index contributed by atoms with van der Waals surface area (Å²) in [4.78, 5) is 0. The van der Waals surface area contributed by atoms with Gasteiger partial charge in [-0.1, -0.05) is 6.92 Å². The van der Waals surface area contributed by atoms with E-state index < -0.39 is 0 Å². The molecule has 1 fully saturated rings. The minimum Gasteiger partial charge on any atom is -0.382 e. The van der Waals surface area contributed by atoms with Crippen LogP contribution in [0.1, 0.15) is 26.2 Å². The first kappa shape index (κ1) is 17.9. The van der Waals surface area contributed by atoms with Crippen molar-refractivity contribution in [3.8, 4) is 0 Å². The molecule has 0 amide bonds.